The molecule has 0 radical (unpaired) electrons. The van der Waals surface area contributed by atoms with Gasteiger partial charge in [-0.2, -0.15) is 0 Å². The lowest BCUT2D eigenvalue weighted by molar-refractivity contribution is 0.0963. The monoisotopic (exact) mass is 326 g/mol. The summed E-state index contributed by atoms with van der Waals surface area (Å²) < 4.78 is 0. The molecule has 0 aliphatic heterocycles. The van der Waals surface area contributed by atoms with E-state index in [9.17, 15) is 4.79 Å². The van der Waals surface area contributed by atoms with Crippen LogP contribution in [0.25, 0.3) is 10.2 Å². The number of hydrogen-bond acceptors (Lipinski definition) is 5. The van der Waals surface area contributed by atoms with Crippen molar-refractivity contribution in [2.75, 3.05) is 12.4 Å². The Kier molecular flexibility index (Phi) is 4.52. The van der Waals surface area contributed by atoms with Gasteiger partial charge in [0, 0.05) is 24.0 Å². The number of anilines is 1. The second-order valence-electron chi connectivity index (χ2n) is 5.14. The number of rotatable bonds is 5. The first-order valence-corrected chi connectivity index (χ1v) is 8.31. The minimum absolute atomic E-state index is 0.0765. The van der Waals surface area contributed by atoms with E-state index in [0.29, 0.717) is 12.1 Å². The predicted octanol–water partition coefficient (Wildman–Crippen LogP) is 3.23. The molecule has 0 aliphatic rings. The Bertz CT molecular complexity index is 826. The molecule has 5 nitrogen and oxygen atoms in total. The molecule has 6 heteroatoms. The fourth-order valence-corrected chi connectivity index (χ4v) is 3.26. The summed E-state index contributed by atoms with van der Waals surface area (Å²) in [6.07, 6.45) is 2.59. The number of aromatic nitrogens is 2. The summed E-state index contributed by atoms with van der Waals surface area (Å²) in [5, 5.41) is 7.04. The van der Waals surface area contributed by atoms with Gasteiger partial charge in [0.1, 0.15) is 17.0 Å². The number of carbonyl (C=O) groups excluding carboxylic acids is 1. The Morgan fingerprint density at radius 3 is 2.70 bits per heavy atom. The van der Waals surface area contributed by atoms with Gasteiger partial charge in [-0.1, -0.05) is 19.1 Å². The third-order valence-electron chi connectivity index (χ3n) is 3.63. The lowest BCUT2D eigenvalue weighted by Gasteiger charge is -2.07. The van der Waals surface area contributed by atoms with Crippen LogP contribution in [-0.4, -0.2) is 22.9 Å². The molecule has 1 aromatic carbocycles. The highest BCUT2D eigenvalue weighted by Crippen LogP contribution is 2.28. The molecule has 0 atom stereocenters. The number of nitrogens with one attached hydrogen (secondary N) is 2. The third-order valence-corrected chi connectivity index (χ3v) is 4.82. The topological polar surface area (TPSA) is 66.9 Å². The molecular formula is C17H18N4OS. The van der Waals surface area contributed by atoms with E-state index in [2.05, 4.69) is 33.6 Å². The highest BCUT2D eigenvalue weighted by molar-refractivity contribution is 7.18. The first kappa shape index (κ1) is 15.4. The highest BCUT2D eigenvalue weighted by Gasteiger charge is 2.08. The Hall–Kier alpha value is -2.47. The third kappa shape index (κ3) is 3.32. The van der Waals surface area contributed by atoms with Gasteiger partial charge < -0.3 is 10.6 Å². The van der Waals surface area contributed by atoms with Crippen LogP contribution < -0.4 is 10.6 Å². The Balaban J connectivity index is 1.75. The van der Waals surface area contributed by atoms with Crippen LogP contribution in [0, 0.1) is 0 Å². The van der Waals surface area contributed by atoms with Gasteiger partial charge in [0.25, 0.3) is 5.91 Å². The van der Waals surface area contributed by atoms with Gasteiger partial charge >= 0.3 is 0 Å². The molecule has 2 N–H and O–H groups in total. The van der Waals surface area contributed by atoms with Crippen LogP contribution in [0.15, 0.2) is 36.7 Å². The summed E-state index contributed by atoms with van der Waals surface area (Å²) in [5.41, 5.74) is 1.75. The zero-order chi connectivity index (χ0) is 16.2. The number of carbonyl (C=O) groups is 1. The maximum atomic E-state index is 11.5. The molecule has 0 spiro atoms. The molecule has 0 saturated carbocycles. The Morgan fingerprint density at radius 1 is 1.22 bits per heavy atom. The van der Waals surface area contributed by atoms with Crippen molar-refractivity contribution in [3.05, 3.63) is 52.7 Å². The lowest BCUT2D eigenvalue weighted by Crippen LogP contribution is -2.17. The standard InChI is InChI=1S/C17H18N4OS/c1-3-13-8-14-15(20-10-21-17(14)23-13)19-9-11-4-6-12(7-5-11)16(22)18-2/h4-8,10H,3,9H2,1-2H3,(H,18,22)(H,19,20,21). The number of thiophene rings is 1. The number of aryl methyl sites for hydroxylation is 1. The van der Waals surface area contributed by atoms with Gasteiger partial charge in [0.15, 0.2) is 0 Å². The molecule has 0 unspecified atom stereocenters. The van der Waals surface area contributed by atoms with Gasteiger partial charge in [-0.3, -0.25) is 4.79 Å². The van der Waals surface area contributed by atoms with Crippen molar-refractivity contribution in [1.82, 2.24) is 15.3 Å². The molecule has 0 aliphatic carbocycles. The quantitative estimate of drug-likeness (QED) is 0.755. The summed E-state index contributed by atoms with van der Waals surface area (Å²) in [5.74, 6) is 0.772. The number of hydrogen-bond donors (Lipinski definition) is 2. The van der Waals surface area contributed by atoms with Crippen LogP contribution in [-0.2, 0) is 13.0 Å². The zero-order valence-electron chi connectivity index (χ0n) is 13.1. The maximum absolute atomic E-state index is 11.5. The first-order chi connectivity index (χ1) is 11.2. The largest absolute Gasteiger partial charge is 0.365 e. The van der Waals surface area contributed by atoms with Gasteiger partial charge in [0.2, 0.25) is 0 Å². The first-order valence-electron chi connectivity index (χ1n) is 7.49. The van der Waals surface area contributed by atoms with Gasteiger partial charge in [-0.05, 0) is 30.2 Å². The maximum Gasteiger partial charge on any atom is 0.251 e. The predicted molar refractivity (Wildman–Crippen MR) is 94.0 cm³/mol. The van der Waals surface area contributed by atoms with Crippen molar-refractivity contribution in [3.63, 3.8) is 0 Å². The zero-order valence-corrected chi connectivity index (χ0v) is 13.9. The molecule has 23 heavy (non-hydrogen) atoms. The molecule has 0 saturated heterocycles. The van der Waals surface area contributed by atoms with Gasteiger partial charge in [0.05, 0.1) is 5.39 Å². The van der Waals surface area contributed by atoms with Crippen molar-refractivity contribution in [2.24, 2.45) is 0 Å². The number of amides is 1. The van der Waals surface area contributed by atoms with E-state index in [-0.39, 0.29) is 5.91 Å². The van der Waals surface area contributed by atoms with E-state index >= 15 is 0 Å². The molecule has 2 heterocycles. The van der Waals surface area contributed by atoms with Crippen LogP contribution >= 0.6 is 11.3 Å². The van der Waals surface area contributed by atoms with Crippen molar-refractivity contribution >= 4 is 33.3 Å². The molecule has 0 fully saturated rings. The molecule has 3 rings (SSSR count). The summed E-state index contributed by atoms with van der Waals surface area (Å²) in [7, 11) is 1.63. The fourth-order valence-electron chi connectivity index (χ4n) is 2.32. The highest BCUT2D eigenvalue weighted by atomic mass is 32.1. The number of benzene rings is 1. The van der Waals surface area contributed by atoms with Crippen molar-refractivity contribution in [1.29, 1.82) is 0 Å². The smallest absolute Gasteiger partial charge is 0.251 e. The van der Waals surface area contributed by atoms with Crippen LogP contribution in [0.5, 0.6) is 0 Å². The van der Waals surface area contributed by atoms with Crippen LogP contribution in [0.3, 0.4) is 0 Å². The van der Waals surface area contributed by atoms with E-state index < -0.39 is 0 Å². The molecule has 2 aromatic heterocycles. The summed E-state index contributed by atoms with van der Waals surface area (Å²) in [4.78, 5) is 22.5. The lowest BCUT2D eigenvalue weighted by atomic mass is 10.1. The van der Waals surface area contributed by atoms with Crippen molar-refractivity contribution < 1.29 is 4.79 Å². The van der Waals surface area contributed by atoms with Crippen LogP contribution in [0.4, 0.5) is 5.82 Å². The minimum Gasteiger partial charge on any atom is -0.365 e. The second-order valence-corrected chi connectivity index (χ2v) is 6.25. The average molecular weight is 326 g/mol. The molecule has 118 valence electrons. The van der Waals surface area contributed by atoms with Crippen molar-refractivity contribution in [3.8, 4) is 0 Å². The Labute approximate surface area is 138 Å². The molecular weight excluding hydrogens is 308 g/mol. The van der Waals surface area contributed by atoms with E-state index in [0.717, 1.165) is 28.0 Å². The van der Waals surface area contributed by atoms with Crippen molar-refractivity contribution in [2.45, 2.75) is 19.9 Å². The van der Waals surface area contributed by atoms with E-state index in [1.54, 1.807) is 24.7 Å². The Morgan fingerprint density at radius 2 is 2.00 bits per heavy atom. The number of fused-ring (bicyclic) bond motifs is 1. The van der Waals surface area contributed by atoms with Gasteiger partial charge in [-0.15, -0.1) is 11.3 Å². The minimum atomic E-state index is -0.0765. The normalized spacial score (nSPS) is 10.7. The number of nitrogens with zero attached hydrogens (tertiary/aromatic N) is 2. The summed E-state index contributed by atoms with van der Waals surface area (Å²) >= 11 is 1.71. The fraction of sp³-hybridized carbons (Fsp3) is 0.235. The van der Waals surface area contributed by atoms with E-state index in [1.807, 2.05) is 24.3 Å². The average Bonchev–Trinajstić information content (AvgIpc) is 3.03. The van der Waals surface area contributed by atoms with Gasteiger partial charge in [-0.25, -0.2) is 9.97 Å². The SMILES string of the molecule is CCc1cc2c(NCc3ccc(C(=O)NC)cc3)ncnc2s1. The molecule has 3 aromatic rings. The molecule has 0 bridgehead atoms. The van der Waals surface area contributed by atoms with Crippen LogP contribution in [0.1, 0.15) is 27.7 Å². The van der Waals surface area contributed by atoms with E-state index in [4.69, 9.17) is 0 Å². The van der Waals surface area contributed by atoms with Crippen LogP contribution in [0.2, 0.25) is 0 Å². The molecule has 1 amide bonds. The summed E-state index contributed by atoms with van der Waals surface area (Å²) in [6, 6.07) is 9.69. The second kappa shape index (κ2) is 6.75. The summed E-state index contributed by atoms with van der Waals surface area (Å²) in [6.45, 7) is 2.79. The van der Waals surface area contributed by atoms with E-state index in [1.165, 1.54) is 4.88 Å².